The average Bonchev–Trinajstić information content (AvgIpc) is 2.76. The van der Waals surface area contributed by atoms with E-state index in [0.717, 1.165) is 0 Å². The van der Waals surface area contributed by atoms with Crippen molar-refractivity contribution >= 4 is 39.1 Å². The first-order valence-electron chi connectivity index (χ1n) is 4.86. The Morgan fingerprint density at radius 3 is 2.78 bits per heavy atom. The molecule has 0 saturated carbocycles. The van der Waals surface area contributed by atoms with Gasteiger partial charge < -0.3 is 9.73 Å². The fourth-order valence-electron chi connectivity index (χ4n) is 1.34. The number of carbonyl (C=O) groups excluding carboxylic acids is 1. The molecule has 0 saturated heterocycles. The topological polar surface area (TPSA) is 66.0 Å². The molecule has 0 atom stereocenters. The highest BCUT2D eigenvalue weighted by Gasteiger charge is 2.13. The monoisotopic (exact) mass is 324 g/mol. The van der Waals surface area contributed by atoms with Crippen LogP contribution < -0.4 is 5.32 Å². The van der Waals surface area contributed by atoms with E-state index in [1.54, 1.807) is 12.1 Å². The van der Waals surface area contributed by atoms with Gasteiger partial charge in [-0.3, -0.25) is 4.79 Å². The van der Waals surface area contributed by atoms with Crippen LogP contribution in [0, 0.1) is 11.3 Å². The molecule has 1 N–H and O–H groups in total. The van der Waals surface area contributed by atoms with E-state index >= 15 is 0 Å². The van der Waals surface area contributed by atoms with Gasteiger partial charge in [0.2, 0.25) is 0 Å². The minimum atomic E-state index is -0.445. The predicted octanol–water partition coefficient (Wildman–Crippen LogP) is 3.82. The molecule has 0 aliphatic heterocycles. The van der Waals surface area contributed by atoms with Crippen LogP contribution in [0.1, 0.15) is 16.1 Å². The van der Waals surface area contributed by atoms with Crippen LogP contribution in [0.4, 0.5) is 5.69 Å². The summed E-state index contributed by atoms with van der Waals surface area (Å²) in [4.78, 5) is 11.8. The number of nitrogens with zero attached hydrogens (tertiary/aromatic N) is 1. The fourth-order valence-corrected chi connectivity index (χ4v) is 1.82. The molecule has 1 aromatic carbocycles. The molecule has 2 aromatic rings. The van der Waals surface area contributed by atoms with Gasteiger partial charge in [0.1, 0.15) is 6.07 Å². The van der Waals surface area contributed by atoms with Crippen LogP contribution in [0.2, 0.25) is 5.02 Å². The Kier molecular flexibility index (Phi) is 3.70. The van der Waals surface area contributed by atoms with Gasteiger partial charge >= 0.3 is 0 Å². The molecule has 1 heterocycles. The van der Waals surface area contributed by atoms with Crippen molar-refractivity contribution in [1.29, 1.82) is 5.26 Å². The van der Waals surface area contributed by atoms with Gasteiger partial charge in [-0.15, -0.1) is 0 Å². The highest BCUT2D eigenvalue weighted by atomic mass is 79.9. The highest BCUT2D eigenvalue weighted by molar-refractivity contribution is 9.10. The second-order valence-corrected chi connectivity index (χ2v) is 4.58. The van der Waals surface area contributed by atoms with Gasteiger partial charge in [0.05, 0.1) is 11.3 Å². The maximum Gasteiger partial charge on any atom is 0.291 e. The second-order valence-electron chi connectivity index (χ2n) is 3.36. The average molecular weight is 326 g/mol. The zero-order chi connectivity index (χ0) is 13.1. The Bertz CT molecular complexity index is 646. The number of anilines is 1. The molecular formula is C12H6BrClN2O2. The van der Waals surface area contributed by atoms with Gasteiger partial charge in [-0.25, -0.2) is 0 Å². The lowest BCUT2D eigenvalue weighted by molar-refractivity contribution is 0.0995. The summed E-state index contributed by atoms with van der Waals surface area (Å²) < 4.78 is 5.57. The number of carbonyl (C=O) groups is 1. The first kappa shape index (κ1) is 12.7. The molecule has 90 valence electrons. The van der Waals surface area contributed by atoms with Gasteiger partial charge in [-0.1, -0.05) is 11.6 Å². The Balaban J connectivity index is 2.27. The van der Waals surface area contributed by atoms with Gasteiger partial charge in [0.15, 0.2) is 10.4 Å². The minimum Gasteiger partial charge on any atom is -0.444 e. The molecule has 0 aliphatic carbocycles. The molecule has 0 spiro atoms. The Hall–Kier alpha value is -1.77. The first-order chi connectivity index (χ1) is 8.60. The van der Waals surface area contributed by atoms with E-state index in [4.69, 9.17) is 21.3 Å². The predicted molar refractivity (Wildman–Crippen MR) is 70.5 cm³/mol. The third-order valence-corrected chi connectivity index (χ3v) is 2.81. The van der Waals surface area contributed by atoms with Crippen molar-refractivity contribution in [1.82, 2.24) is 0 Å². The zero-order valence-corrected chi connectivity index (χ0v) is 11.2. The summed E-state index contributed by atoms with van der Waals surface area (Å²) in [5.41, 5.74) is 0.681. The van der Waals surface area contributed by atoms with Crippen LogP contribution in [0.3, 0.4) is 0 Å². The molecule has 0 bridgehead atoms. The largest absolute Gasteiger partial charge is 0.444 e. The first-order valence-corrected chi connectivity index (χ1v) is 6.03. The maximum atomic E-state index is 11.8. The molecule has 6 heteroatoms. The summed E-state index contributed by atoms with van der Waals surface area (Å²) in [6.07, 6.45) is 0. The number of furan rings is 1. The van der Waals surface area contributed by atoms with Crippen LogP contribution in [0.5, 0.6) is 0 Å². The number of nitriles is 1. The summed E-state index contributed by atoms with van der Waals surface area (Å²) in [6, 6.07) is 9.73. The van der Waals surface area contributed by atoms with Gasteiger partial charge in [-0.2, -0.15) is 5.26 Å². The van der Waals surface area contributed by atoms with Crippen LogP contribution in [0.15, 0.2) is 39.4 Å². The second kappa shape index (κ2) is 5.25. The summed E-state index contributed by atoms with van der Waals surface area (Å²) in [6.45, 7) is 0. The zero-order valence-electron chi connectivity index (χ0n) is 8.91. The van der Waals surface area contributed by atoms with Crippen LogP contribution >= 0.6 is 27.5 Å². The van der Waals surface area contributed by atoms with Crippen LogP contribution in [-0.2, 0) is 0 Å². The smallest absolute Gasteiger partial charge is 0.291 e. The van der Waals surface area contributed by atoms with E-state index in [0.29, 0.717) is 20.9 Å². The van der Waals surface area contributed by atoms with Crippen molar-refractivity contribution in [3.63, 3.8) is 0 Å². The lowest BCUT2D eigenvalue weighted by Gasteiger charge is -2.05. The molecular weight excluding hydrogens is 320 g/mol. The number of benzene rings is 1. The van der Waals surface area contributed by atoms with E-state index in [-0.39, 0.29) is 5.76 Å². The SMILES string of the molecule is N#Cc1ccc(Cl)cc1NC(=O)c1ccc(Br)o1. The van der Waals surface area contributed by atoms with E-state index in [1.807, 2.05) is 6.07 Å². The summed E-state index contributed by atoms with van der Waals surface area (Å²) in [5, 5.41) is 11.9. The molecule has 4 nitrogen and oxygen atoms in total. The maximum absolute atomic E-state index is 11.8. The summed E-state index contributed by atoms with van der Waals surface area (Å²) in [5.74, 6) is -0.301. The fraction of sp³-hybridized carbons (Fsp3) is 0. The summed E-state index contributed by atoms with van der Waals surface area (Å²) in [7, 11) is 0. The molecule has 0 aliphatic rings. The van der Waals surface area contributed by atoms with E-state index in [9.17, 15) is 4.79 Å². The summed E-state index contributed by atoms with van der Waals surface area (Å²) >= 11 is 8.92. The Morgan fingerprint density at radius 2 is 2.17 bits per heavy atom. The van der Waals surface area contributed by atoms with Crippen molar-refractivity contribution in [2.24, 2.45) is 0 Å². The Labute approximate surface area is 116 Å². The molecule has 0 unspecified atom stereocenters. The van der Waals surface area contributed by atoms with Crippen molar-refractivity contribution in [3.8, 4) is 6.07 Å². The van der Waals surface area contributed by atoms with Gasteiger partial charge in [0.25, 0.3) is 5.91 Å². The molecule has 0 fully saturated rings. The quantitative estimate of drug-likeness (QED) is 0.912. The third-order valence-electron chi connectivity index (χ3n) is 2.15. The lowest BCUT2D eigenvalue weighted by atomic mass is 10.2. The standard InChI is InChI=1S/C12H6BrClN2O2/c13-11-4-3-10(18-11)12(17)16-9-5-8(14)2-1-7(9)6-15/h1-5H,(H,16,17). The van der Waals surface area contributed by atoms with E-state index < -0.39 is 5.91 Å². The number of hydrogen-bond acceptors (Lipinski definition) is 3. The van der Waals surface area contributed by atoms with Crippen molar-refractivity contribution < 1.29 is 9.21 Å². The lowest BCUT2D eigenvalue weighted by Crippen LogP contribution is -2.11. The van der Waals surface area contributed by atoms with Gasteiger partial charge in [-0.05, 0) is 46.3 Å². The van der Waals surface area contributed by atoms with Crippen LogP contribution in [-0.4, -0.2) is 5.91 Å². The van der Waals surface area contributed by atoms with Gasteiger partial charge in [0, 0.05) is 5.02 Å². The number of hydrogen-bond donors (Lipinski definition) is 1. The van der Waals surface area contributed by atoms with Crippen molar-refractivity contribution in [3.05, 3.63) is 51.3 Å². The normalized spacial score (nSPS) is 9.83. The highest BCUT2D eigenvalue weighted by Crippen LogP contribution is 2.22. The molecule has 0 radical (unpaired) electrons. The van der Waals surface area contributed by atoms with E-state index in [2.05, 4.69) is 21.2 Å². The van der Waals surface area contributed by atoms with Crippen LogP contribution in [0.25, 0.3) is 0 Å². The van der Waals surface area contributed by atoms with Crippen molar-refractivity contribution in [2.75, 3.05) is 5.32 Å². The molecule has 2 rings (SSSR count). The molecule has 18 heavy (non-hydrogen) atoms. The minimum absolute atomic E-state index is 0.144. The number of nitrogens with one attached hydrogen (secondary N) is 1. The van der Waals surface area contributed by atoms with E-state index in [1.165, 1.54) is 18.2 Å². The third kappa shape index (κ3) is 2.73. The Morgan fingerprint density at radius 1 is 1.39 bits per heavy atom. The number of halogens is 2. The number of rotatable bonds is 2. The molecule has 1 amide bonds. The molecule has 1 aromatic heterocycles. The number of amides is 1. The van der Waals surface area contributed by atoms with Crippen molar-refractivity contribution in [2.45, 2.75) is 0 Å².